The number of benzene rings is 1. The van der Waals surface area contributed by atoms with Crippen LogP contribution in [0.5, 0.6) is 11.5 Å². The lowest BCUT2D eigenvalue weighted by Crippen LogP contribution is -2.49. The average Bonchev–Trinajstić information content (AvgIpc) is 2.72. The van der Waals surface area contributed by atoms with Gasteiger partial charge in [0.25, 0.3) is 11.8 Å². The molecule has 0 saturated heterocycles. The molecule has 2 aliphatic rings. The molecular weight excluding hydrogens is 356 g/mol. The Kier molecular flexibility index (Phi) is 5.84. The molecule has 2 amide bonds. The van der Waals surface area contributed by atoms with Crippen molar-refractivity contribution >= 4 is 17.9 Å². The normalized spacial score (nSPS) is 19.8. The summed E-state index contributed by atoms with van der Waals surface area (Å²) >= 11 is 0. The number of hydrogen-bond donors (Lipinski definition) is 0. The first-order valence-electron chi connectivity index (χ1n) is 9.44. The van der Waals surface area contributed by atoms with E-state index in [4.69, 9.17) is 9.47 Å². The molecule has 1 aromatic carbocycles. The molecule has 28 heavy (non-hydrogen) atoms. The highest BCUT2D eigenvalue weighted by Crippen LogP contribution is 2.34. The minimum Gasteiger partial charge on any atom is -0.497 e. The van der Waals surface area contributed by atoms with Gasteiger partial charge in [-0.2, -0.15) is 5.26 Å². The molecule has 0 bridgehead atoms. The molecule has 0 aromatic heterocycles. The van der Waals surface area contributed by atoms with Gasteiger partial charge in [0.1, 0.15) is 23.1 Å². The number of carbonyl (C=O) groups excluding carboxylic acids is 2. The van der Waals surface area contributed by atoms with Gasteiger partial charge in [-0.25, -0.2) is 0 Å². The van der Waals surface area contributed by atoms with Gasteiger partial charge in [0.2, 0.25) is 0 Å². The van der Waals surface area contributed by atoms with E-state index < -0.39 is 5.91 Å². The summed E-state index contributed by atoms with van der Waals surface area (Å²) in [6.07, 6.45) is 6.34. The van der Waals surface area contributed by atoms with Gasteiger partial charge in [0, 0.05) is 23.2 Å². The lowest BCUT2D eigenvalue weighted by Gasteiger charge is -2.36. The monoisotopic (exact) mass is 380 g/mol. The molecule has 1 fully saturated rings. The summed E-state index contributed by atoms with van der Waals surface area (Å²) in [6.45, 7) is 1.65. The van der Waals surface area contributed by atoms with Gasteiger partial charge in [-0.1, -0.05) is 19.3 Å². The summed E-state index contributed by atoms with van der Waals surface area (Å²) in [4.78, 5) is 27.4. The summed E-state index contributed by atoms with van der Waals surface area (Å²) in [5.74, 6) is 0.368. The van der Waals surface area contributed by atoms with Crippen LogP contribution in [0.1, 0.15) is 44.6 Å². The molecule has 1 heterocycles. The van der Waals surface area contributed by atoms with Crippen molar-refractivity contribution in [1.29, 1.82) is 5.26 Å². The highest BCUT2D eigenvalue weighted by Gasteiger charge is 2.39. The van der Waals surface area contributed by atoms with E-state index in [1.807, 2.05) is 6.07 Å². The van der Waals surface area contributed by atoms with Crippen molar-refractivity contribution in [2.75, 3.05) is 14.2 Å². The van der Waals surface area contributed by atoms with Gasteiger partial charge in [-0.15, -0.1) is 0 Å². The van der Waals surface area contributed by atoms with Crippen molar-refractivity contribution in [3.63, 3.8) is 0 Å². The molecule has 0 radical (unpaired) electrons. The zero-order chi connectivity index (χ0) is 20.3. The Hall–Kier alpha value is -3.07. The number of carbonyl (C=O) groups is 2. The Bertz CT molecular complexity index is 902. The van der Waals surface area contributed by atoms with E-state index in [9.17, 15) is 14.9 Å². The van der Waals surface area contributed by atoms with Gasteiger partial charge in [-0.3, -0.25) is 14.5 Å². The summed E-state index contributed by atoms with van der Waals surface area (Å²) in [6, 6.07) is 7.15. The first kappa shape index (κ1) is 19.7. The molecule has 3 rings (SSSR count). The van der Waals surface area contributed by atoms with E-state index >= 15 is 0 Å². The fraction of sp³-hybridized carbons (Fsp3) is 0.409. The Morgan fingerprint density at radius 2 is 1.82 bits per heavy atom. The lowest BCUT2D eigenvalue weighted by molar-refractivity contribution is -0.143. The number of hydrogen-bond acceptors (Lipinski definition) is 5. The van der Waals surface area contributed by atoms with Crippen LogP contribution >= 0.6 is 0 Å². The van der Waals surface area contributed by atoms with Crippen LogP contribution in [0.3, 0.4) is 0 Å². The minimum absolute atomic E-state index is 0.0314. The van der Waals surface area contributed by atoms with Crippen molar-refractivity contribution in [3.05, 3.63) is 40.5 Å². The van der Waals surface area contributed by atoms with Crippen LogP contribution in [0.2, 0.25) is 0 Å². The Morgan fingerprint density at radius 3 is 2.43 bits per heavy atom. The number of rotatable bonds is 4. The molecule has 0 spiro atoms. The van der Waals surface area contributed by atoms with E-state index in [-0.39, 0.29) is 17.5 Å². The number of amides is 2. The maximum atomic E-state index is 13.3. The van der Waals surface area contributed by atoms with Crippen LogP contribution in [0.4, 0.5) is 0 Å². The summed E-state index contributed by atoms with van der Waals surface area (Å²) in [5, 5.41) is 9.55. The molecule has 1 saturated carbocycles. The molecule has 0 atom stereocenters. The zero-order valence-corrected chi connectivity index (χ0v) is 16.4. The van der Waals surface area contributed by atoms with E-state index in [1.165, 1.54) is 4.90 Å². The number of nitriles is 1. The topological polar surface area (TPSA) is 79.6 Å². The molecule has 1 aromatic rings. The molecule has 0 unspecified atom stereocenters. The maximum Gasteiger partial charge on any atom is 0.271 e. The van der Waals surface area contributed by atoms with Crippen molar-refractivity contribution < 1.29 is 19.1 Å². The van der Waals surface area contributed by atoms with Gasteiger partial charge < -0.3 is 9.47 Å². The zero-order valence-electron chi connectivity index (χ0n) is 16.4. The quantitative estimate of drug-likeness (QED) is 0.589. The van der Waals surface area contributed by atoms with Crippen LogP contribution in [0, 0.1) is 11.3 Å². The Labute approximate surface area is 165 Å². The maximum absolute atomic E-state index is 13.3. The highest BCUT2D eigenvalue weighted by molar-refractivity contribution is 6.20. The predicted octanol–water partition coefficient (Wildman–Crippen LogP) is 3.63. The van der Waals surface area contributed by atoms with Crippen molar-refractivity contribution in [1.82, 2.24) is 4.90 Å². The summed E-state index contributed by atoms with van der Waals surface area (Å²) in [7, 11) is 3.11. The number of imide groups is 1. The Morgan fingerprint density at radius 1 is 1.11 bits per heavy atom. The van der Waals surface area contributed by atoms with Crippen molar-refractivity contribution in [2.24, 2.45) is 0 Å². The van der Waals surface area contributed by atoms with Gasteiger partial charge >= 0.3 is 0 Å². The first-order valence-corrected chi connectivity index (χ1v) is 9.44. The van der Waals surface area contributed by atoms with Crippen molar-refractivity contribution in [2.45, 2.75) is 45.1 Å². The second kappa shape index (κ2) is 8.30. The molecule has 146 valence electrons. The van der Waals surface area contributed by atoms with Crippen LogP contribution in [0.15, 0.2) is 34.9 Å². The van der Waals surface area contributed by atoms with E-state index in [1.54, 1.807) is 45.4 Å². The molecule has 0 N–H and O–H groups in total. The first-order chi connectivity index (χ1) is 13.5. The van der Waals surface area contributed by atoms with Crippen LogP contribution in [-0.2, 0) is 9.59 Å². The third kappa shape index (κ3) is 3.53. The fourth-order valence-corrected chi connectivity index (χ4v) is 3.86. The third-order valence-corrected chi connectivity index (χ3v) is 5.45. The highest BCUT2D eigenvalue weighted by atomic mass is 16.5. The number of nitrogens with zero attached hydrogens (tertiary/aromatic N) is 2. The van der Waals surface area contributed by atoms with Gasteiger partial charge in [0.15, 0.2) is 0 Å². The van der Waals surface area contributed by atoms with Gasteiger partial charge in [-0.05, 0) is 43.5 Å². The molecule has 6 nitrogen and oxygen atoms in total. The smallest absolute Gasteiger partial charge is 0.271 e. The number of methoxy groups -OCH3 is 2. The molecule has 6 heteroatoms. The SMILES string of the molecule is COc1ccc(/C=C2/C(=O)N(C3CCCCC3)C(=O)C(C#N)=C2C)c(OC)c1. The third-order valence-electron chi connectivity index (χ3n) is 5.45. The predicted molar refractivity (Wildman–Crippen MR) is 105 cm³/mol. The standard InChI is InChI=1S/C22H24N2O4/c1-14-18(11-15-9-10-17(27-2)12-20(15)28-3)21(25)24(22(26)19(14)13-23)16-7-5-4-6-8-16/h9-12,16H,4-8H2,1-3H3/b18-11+. The molecule has 1 aliphatic carbocycles. The minimum atomic E-state index is -0.476. The lowest BCUT2D eigenvalue weighted by atomic mass is 9.88. The second-order valence-corrected chi connectivity index (χ2v) is 7.05. The second-order valence-electron chi connectivity index (χ2n) is 7.05. The summed E-state index contributed by atoms with van der Waals surface area (Å²) in [5.41, 5.74) is 1.47. The van der Waals surface area contributed by atoms with Crippen LogP contribution < -0.4 is 9.47 Å². The Balaban J connectivity index is 2.09. The average molecular weight is 380 g/mol. The summed E-state index contributed by atoms with van der Waals surface area (Å²) < 4.78 is 10.6. The van der Waals surface area contributed by atoms with Crippen LogP contribution in [-0.4, -0.2) is 37.0 Å². The molecular formula is C22H24N2O4. The number of ether oxygens (including phenoxy) is 2. The van der Waals surface area contributed by atoms with E-state index in [0.29, 0.717) is 28.2 Å². The fourth-order valence-electron chi connectivity index (χ4n) is 3.86. The van der Waals surface area contributed by atoms with Crippen molar-refractivity contribution in [3.8, 4) is 17.6 Å². The van der Waals surface area contributed by atoms with Crippen LogP contribution in [0.25, 0.3) is 6.08 Å². The van der Waals surface area contributed by atoms with E-state index in [0.717, 1.165) is 32.1 Å². The molecule has 1 aliphatic heterocycles. The van der Waals surface area contributed by atoms with E-state index in [2.05, 4.69) is 0 Å². The van der Waals surface area contributed by atoms with Gasteiger partial charge in [0.05, 0.1) is 14.2 Å². The largest absolute Gasteiger partial charge is 0.497 e.